The fourth-order valence-electron chi connectivity index (χ4n) is 3.87. The number of hydrogen-bond acceptors (Lipinski definition) is 6. The molecule has 0 radical (unpaired) electrons. The van der Waals surface area contributed by atoms with Crippen molar-refractivity contribution in [1.29, 1.82) is 0 Å². The van der Waals surface area contributed by atoms with Gasteiger partial charge < -0.3 is 16.4 Å². The van der Waals surface area contributed by atoms with Crippen molar-refractivity contribution in [2.24, 2.45) is 0 Å². The van der Waals surface area contributed by atoms with E-state index in [0.717, 1.165) is 33.8 Å². The number of anilines is 3. The molecule has 0 saturated carbocycles. The molecule has 8 heteroatoms. The number of benzene rings is 2. The van der Waals surface area contributed by atoms with E-state index in [2.05, 4.69) is 35.2 Å². The van der Waals surface area contributed by atoms with Gasteiger partial charge in [0.1, 0.15) is 0 Å². The van der Waals surface area contributed by atoms with Crippen LogP contribution in [0.25, 0.3) is 11.3 Å². The molecule has 6 nitrogen and oxygen atoms in total. The summed E-state index contributed by atoms with van der Waals surface area (Å²) >= 11 is 5.53. The van der Waals surface area contributed by atoms with Crippen LogP contribution >= 0.6 is 24.0 Å². The fourth-order valence-corrected chi connectivity index (χ4v) is 4.83. The Bertz CT molecular complexity index is 1120. The molecular formula is C28H36N4O2S2. The van der Waals surface area contributed by atoms with Gasteiger partial charge in [0.2, 0.25) is 11.8 Å². The molecule has 0 atom stereocenters. The van der Waals surface area contributed by atoms with Gasteiger partial charge in [-0.2, -0.15) is 12.6 Å². The van der Waals surface area contributed by atoms with Crippen LogP contribution < -0.4 is 16.4 Å². The SMILES string of the molecule is CCCCCCCCS.Nc1ccc(CCC(=O)Nc2nc(-c3ccc4c(c3)CC(=O)N4)cs2)cc1. The number of rotatable bonds is 11. The summed E-state index contributed by atoms with van der Waals surface area (Å²) < 4.78 is 0. The number of thiol groups is 1. The Balaban J connectivity index is 0.000000345. The lowest BCUT2D eigenvalue weighted by molar-refractivity contribution is -0.116. The number of fused-ring (bicyclic) bond motifs is 1. The predicted octanol–water partition coefficient (Wildman–Crippen LogP) is 6.73. The lowest BCUT2D eigenvalue weighted by Gasteiger charge is -2.03. The molecule has 4 N–H and O–H groups in total. The Kier molecular flexibility index (Phi) is 11.3. The quantitative estimate of drug-likeness (QED) is 0.127. The first kappa shape index (κ1) is 27.7. The van der Waals surface area contributed by atoms with Gasteiger partial charge in [0.15, 0.2) is 5.13 Å². The Morgan fingerprint density at radius 3 is 2.61 bits per heavy atom. The topological polar surface area (TPSA) is 97.1 Å². The average molecular weight is 525 g/mol. The molecule has 2 heterocycles. The van der Waals surface area contributed by atoms with Gasteiger partial charge in [-0.05, 0) is 54.0 Å². The van der Waals surface area contributed by atoms with Gasteiger partial charge in [-0.15, -0.1) is 11.3 Å². The monoisotopic (exact) mass is 524 g/mol. The minimum atomic E-state index is -0.0727. The molecule has 0 spiro atoms. The van der Waals surface area contributed by atoms with E-state index < -0.39 is 0 Å². The molecule has 192 valence electrons. The Morgan fingerprint density at radius 2 is 1.86 bits per heavy atom. The normalized spacial score (nSPS) is 11.9. The highest BCUT2D eigenvalue weighted by Crippen LogP contribution is 2.30. The molecule has 36 heavy (non-hydrogen) atoms. The van der Waals surface area contributed by atoms with Gasteiger partial charge in [0.25, 0.3) is 0 Å². The van der Waals surface area contributed by atoms with Crippen LogP contribution in [0, 0.1) is 0 Å². The summed E-state index contributed by atoms with van der Waals surface area (Å²) in [6.45, 7) is 2.25. The van der Waals surface area contributed by atoms with Crippen molar-refractivity contribution in [3.63, 3.8) is 0 Å². The number of hydrogen-bond donors (Lipinski definition) is 4. The number of aromatic nitrogens is 1. The number of unbranched alkanes of at least 4 members (excludes halogenated alkanes) is 5. The number of nitrogens with two attached hydrogens (primary N) is 1. The Morgan fingerprint density at radius 1 is 1.11 bits per heavy atom. The maximum Gasteiger partial charge on any atom is 0.228 e. The van der Waals surface area contributed by atoms with Crippen molar-refractivity contribution in [2.75, 3.05) is 22.1 Å². The summed E-state index contributed by atoms with van der Waals surface area (Å²) in [6.07, 6.45) is 9.69. The summed E-state index contributed by atoms with van der Waals surface area (Å²) in [5, 5.41) is 8.14. The Labute approximate surface area is 223 Å². The van der Waals surface area contributed by atoms with Crippen molar-refractivity contribution in [2.45, 2.75) is 64.7 Å². The maximum atomic E-state index is 12.2. The van der Waals surface area contributed by atoms with Crippen LogP contribution in [0.15, 0.2) is 47.8 Å². The van der Waals surface area contributed by atoms with E-state index >= 15 is 0 Å². The molecule has 0 unspecified atom stereocenters. The van der Waals surface area contributed by atoms with E-state index in [-0.39, 0.29) is 11.8 Å². The van der Waals surface area contributed by atoms with Gasteiger partial charge in [0.05, 0.1) is 12.1 Å². The molecule has 0 bridgehead atoms. The highest BCUT2D eigenvalue weighted by molar-refractivity contribution is 7.80. The van der Waals surface area contributed by atoms with Crippen molar-refractivity contribution in [3.05, 3.63) is 59.0 Å². The van der Waals surface area contributed by atoms with E-state index in [9.17, 15) is 9.59 Å². The van der Waals surface area contributed by atoms with E-state index in [0.29, 0.717) is 30.1 Å². The summed E-state index contributed by atoms with van der Waals surface area (Å²) in [5.41, 5.74) is 11.0. The molecule has 1 aromatic heterocycles. The zero-order valence-corrected chi connectivity index (χ0v) is 22.6. The van der Waals surface area contributed by atoms with E-state index in [1.165, 1.54) is 49.9 Å². The zero-order chi connectivity index (χ0) is 25.8. The van der Waals surface area contributed by atoms with E-state index in [1.807, 2.05) is 47.8 Å². The van der Waals surface area contributed by atoms with Gasteiger partial charge in [-0.3, -0.25) is 9.59 Å². The first-order valence-electron chi connectivity index (χ1n) is 12.6. The van der Waals surface area contributed by atoms with E-state index in [1.54, 1.807) is 0 Å². The highest BCUT2D eigenvalue weighted by Gasteiger charge is 2.18. The predicted molar refractivity (Wildman–Crippen MR) is 155 cm³/mol. The standard InChI is InChI=1S/C20H18N4O2S.C8H18S/c21-15-5-1-12(2-6-15)3-8-18(25)24-20-23-17(11-27-20)13-4-7-16-14(9-13)10-19(26)22-16;1-2-3-4-5-6-7-8-9/h1-2,4-7,9,11H,3,8,10,21H2,(H,22,26)(H,23,24,25);9H,2-8H2,1H3. The van der Waals surface area contributed by atoms with Crippen molar-refractivity contribution < 1.29 is 9.59 Å². The number of nitrogens with one attached hydrogen (secondary N) is 2. The van der Waals surface area contributed by atoms with Gasteiger partial charge in [-0.25, -0.2) is 4.98 Å². The van der Waals surface area contributed by atoms with Crippen LogP contribution in [0.1, 0.15) is 63.0 Å². The fraction of sp³-hybridized carbons (Fsp3) is 0.393. The van der Waals surface area contributed by atoms with Crippen LogP contribution in [0.2, 0.25) is 0 Å². The lowest BCUT2D eigenvalue weighted by atomic mass is 10.1. The summed E-state index contributed by atoms with van der Waals surface area (Å²) in [6, 6.07) is 13.3. The van der Waals surface area contributed by atoms with Gasteiger partial charge in [0, 0.05) is 28.7 Å². The minimum absolute atomic E-state index is 0.00878. The second-order valence-electron chi connectivity index (χ2n) is 8.92. The number of carbonyl (C=O) groups excluding carboxylic acids is 2. The third-order valence-corrected chi connectivity index (χ3v) is 6.98. The van der Waals surface area contributed by atoms with Gasteiger partial charge in [-0.1, -0.05) is 57.2 Å². The molecular weight excluding hydrogens is 488 g/mol. The van der Waals surface area contributed by atoms with Crippen LogP contribution in [-0.2, 0) is 22.4 Å². The number of nitrogens with zero attached hydrogens (tertiary/aromatic N) is 1. The largest absolute Gasteiger partial charge is 0.399 e. The summed E-state index contributed by atoms with van der Waals surface area (Å²) in [5.74, 6) is 0.998. The molecule has 1 aliphatic rings. The highest BCUT2D eigenvalue weighted by atomic mass is 32.1. The van der Waals surface area contributed by atoms with Crippen molar-refractivity contribution >= 4 is 52.3 Å². The number of thiazole rings is 1. The molecule has 2 amide bonds. The van der Waals surface area contributed by atoms with Crippen molar-refractivity contribution in [1.82, 2.24) is 4.98 Å². The summed E-state index contributed by atoms with van der Waals surface area (Å²) in [7, 11) is 0. The zero-order valence-electron chi connectivity index (χ0n) is 20.9. The average Bonchev–Trinajstić information content (AvgIpc) is 3.49. The van der Waals surface area contributed by atoms with E-state index in [4.69, 9.17) is 5.73 Å². The second-order valence-corrected chi connectivity index (χ2v) is 10.2. The number of amides is 2. The molecule has 4 rings (SSSR count). The van der Waals surface area contributed by atoms with Crippen LogP contribution in [0.3, 0.4) is 0 Å². The molecule has 3 aromatic rings. The molecule has 2 aromatic carbocycles. The number of aryl methyl sites for hydroxylation is 1. The minimum Gasteiger partial charge on any atom is -0.399 e. The third kappa shape index (κ3) is 8.99. The maximum absolute atomic E-state index is 12.2. The Hall–Kier alpha value is -2.84. The number of nitrogen functional groups attached to an aromatic ring is 1. The third-order valence-electron chi connectivity index (χ3n) is 5.91. The second kappa shape index (κ2) is 14.7. The summed E-state index contributed by atoms with van der Waals surface area (Å²) in [4.78, 5) is 28.1. The molecule has 0 fully saturated rings. The van der Waals surface area contributed by atoms with Crippen molar-refractivity contribution in [3.8, 4) is 11.3 Å². The van der Waals surface area contributed by atoms with Crippen LogP contribution in [0.4, 0.5) is 16.5 Å². The number of carbonyl (C=O) groups is 2. The lowest BCUT2D eigenvalue weighted by Crippen LogP contribution is -2.12. The van der Waals surface area contributed by atoms with Crippen LogP contribution in [-0.4, -0.2) is 22.6 Å². The molecule has 0 aliphatic carbocycles. The molecule has 0 saturated heterocycles. The first-order valence-corrected chi connectivity index (χ1v) is 14.1. The van der Waals surface area contributed by atoms with Gasteiger partial charge >= 0.3 is 0 Å². The van der Waals surface area contributed by atoms with Crippen LogP contribution in [0.5, 0.6) is 0 Å². The first-order chi connectivity index (χ1) is 17.5. The smallest absolute Gasteiger partial charge is 0.228 e. The molecule has 1 aliphatic heterocycles.